The van der Waals surface area contributed by atoms with Gasteiger partial charge in [-0.25, -0.2) is 9.97 Å². The van der Waals surface area contributed by atoms with Gasteiger partial charge in [0.2, 0.25) is 0 Å². The van der Waals surface area contributed by atoms with Crippen LogP contribution < -0.4 is 10.2 Å². The fraction of sp³-hybridized carbons (Fsp3) is 0.692. The third-order valence-electron chi connectivity index (χ3n) is 3.51. The van der Waals surface area contributed by atoms with E-state index in [0.29, 0.717) is 29.9 Å². The maximum atomic E-state index is 12.7. The first-order chi connectivity index (χ1) is 9.94. The van der Waals surface area contributed by atoms with Crippen LogP contribution >= 0.6 is 11.8 Å². The second-order valence-corrected chi connectivity index (χ2v) is 5.70. The first kappa shape index (κ1) is 16.2. The number of halogens is 3. The molecule has 1 aromatic heterocycles. The van der Waals surface area contributed by atoms with Gasteiger partial charge in [0.15, 0.2) is 5.16 Å². The Labute approximate surface area is 126 Å². The highest BCUT2D eigenvalue weighted by Crippen LogP contribution is 2.35. The summed E-state index contributed by atoms with van der Waals surface area (Å²) in [6.45, 7) is 3.46. The van der Waals surface area contributed by atoms with Crippen molar-refractivity contribution in [3.05, 3.63) is 6.07 Å². The van der Waals surface area contributed by atoms with Crippen LogP contribution in [0.15, 0.2) is 11.2 Å². The zero-order valence-electron chi connectivity index (χ0n) is 12.1. The number of nitrogens with zero attached hydrogens (tertiary/aromatic N) is 3. The topological polar surface area (TPSA) is 41.0 Å². The van der Waals surface area contributed by atoms with Crippen LogP contribution in [0.4, 0.5) is 24.8 Å². The van der Waals surface area contributed by atoms with Gasteiger partial charge in [-0.2, -0.15) is 13.2 Å². The van der Waals surface area contributed by atoms with Gasteiger partial charge in [-0.05, 0) is 26.0 Å². The number of thioether (sulfide) groups is 1. The SMILES string of the molecule is CCNc1cc(N2CCC(C(F)(F)F)CC2)nc(SC)n1. The molecule has 1 aliphatic rings. The van der Waals surface area contributed by atoms with Crippen molar-refractivity contribution in [2.75, 3.05) is 36.1 Å². The maximum absolute atomic E-state index is 12.7. The van der Waals surface area contributed by atoms with Crippen molar-refractivity contribution in [2.24, 2.45) is 5.92 Å². The van der Waals surface area contributed by atoms with Crippen LogP contribution in [0.5, 0.6) is 0 Å². The Morgan fingerprint density at radius 1 is 1.33 bits per heavy atom. The normalized spacial score (nSPS) is 17.1. The van der Waals surface area contributed by atoms with E-state index in [1.54, 1.807) is 6.07 Å². The minimum Gasteiger partial charge on any atom is -0.370 e. The molecule has 0 unspecified atom stereocenters. The van der Waals surface area contributed by atoms with Gasteiger partial charge in [-0.1, -0.05) is 11.8 Å². The van der Waals surface area contributed by atoms with Crippen molar-refractivity contribution >= 4 is 23.4 Å². The third kappa shape index (κ3) is 4.15. The van der Waals surface area contributed by atoms with Gasteiger partial charge >= 0.3 is 6.18 Å². The van der Waals surface area contributed by atoms with Gasteiger partial charge in [-0.3, -0.25) is 0 Å². The average molecular weight is 320 g/mol. The summed E-state index contributed by atoms with van der Waals surface area (Å²) in [6, 6.07) is 1.80. The second kappa shape index (κ2) is 6.72. The van der Waals surface area contributed by atoms with Gasteiger partial charge in [0.1, 0.15) is 11.6 Å². The number of anilines is 2. The highest BCUT2D eigenvalue weighted by Gasteiger charge is 2.41. The quantitative estimate of drug-likeness (QED) is 0.680. The van der Waals surface area contributed by atoms with Crippen LogP contribution in [-0.4, -0.2) is 42.0 Å². The first-order valence-electron chi connectivity index (χ1n) is 6.92. The predicted octanol–water partition coefficient (Wildman–Crippen LogP) is 3.41. The summed E-state index contributed by atoms with van der Waals surface area (Å²) in [5.41, 5.74) is 0. The highest BCUT2D eigenvalue weighted by molar-refractivity contribution is 7.98. The Balaban J connectivity index is 2.10. The fourth-order valence-corrected chi connectivity index (χ4v) is 2.75. The van der Waals surface area contributed by atoms with Gasteiger partial charge in [-0.15, -0.1) is 0 Å². The molecular formula is C13H19F3N4S. The van der Waals surface area contributed by atoms with Crippen molar-refractivity contribution in [1.29, 1.82) is 0 Å². The zero-order chi connectivity index (χ0) is 15.5. The van der Waals surface area contributed by atoms with E-state index >= 15 is 0 Å². The van der Waals surface area contributed by atoms with E-state index in [9.17, 15) is 13.2 Å². The molecule has 118 valence electrons. The van der Waals surface area contributed by atoms with Gasteiger partial charge in [0, 0.05) is 25.7 Å². The summed E-state index contributed by atoms with van der Waals surface area (Å²) in [6.07, 6.45) is -1.96. The fourth-order valence-electron chi connectivity index (χ4n) is 2.37. The molecule has 4 nitrogen and oxygen atoms in total. The summed E-state index contributed by atoms with van der Waals surface area (Å²) in [5, 5.41) is 3.75. The van der Waals surface area contributed by atoms with E-state index in [1.807, 2.05) is 18.1 Å². The Morgan fingerprint density at radius 2 is 2.00 bits per heavy atom. The van der Waals surface area contributed by atoms with Crippen molar-refractivity contribution in [1.82, 2.24) is 9.97 Å². The minimum absolute atomic E-state index is 0.124. The molecule has 2 rings (SSSR count). The molecule has 21 heavy (non-hydrogen) atoms. The lowest BCUT2D eigenvalue weighted by molar-refractivity contribution is -0.179. The van der Waals surface area contributed by atoms with Crippen LogP contribution in [0.25, 0.3) is 0 Å². The molecule has 0 aliphatic carbocycles. The van der Waals surface area contributed by atoms with E-state index in [1.165, 1.54) is 11.8 Å². The van der Waals surface area contributed by atoms with Crippen molar-refractivity contribution < 1.29 is 13.2 Å². The number of rotatable bonds is 4. The van der Waals surface area contributed by atoms with E-state index in [4.69, 9.17) is 0 Å². The zero-order valence-corrected chi connectivity index (χ0v) is 12.9. The molecular weight excluding hydrogens is 301 g/mol. The Bertz CT molecular complexity index is 473. The number of hydrogen-bond donors (Lipinski definition) is 1. The molecule has 0 radical (unpaired) electrons. The van der Waals surface area contributed by atoms with Gasteiger partial charge in [0.25, 0.3) is 0 Å². The first-order valence-corrected chi connectivity index (χ1v) is 8.15. The summed E-state index contributed by atoms with van der Waals surface area (Å²) < 4.78 is 38.1. The number of alkyl halides is 3. The van der Waals surface area contributed by atoms with E-state index < -0.39 is 12.1 Å². The van der Waals surface area contributed by atoms with Gasteiger partial charge in [0.05, 0.1) is 5.92 Å². The molecule has 0 spiro atoms. The summed E-state index contributed by atoms with van der Waals surface area (Å²) >= 11 is 1.42. The smallest absolute Gasteiger partial charge is 0.370 e. The van der Waals surface area contributed by atoms with Crippen LogP contribution in [0, 0.1) is 5.92 Å². The average Bonchev–Trinajstić information content (AvgIpc) is 2.46. The summed E-state index contributed by atoms with van der Waals surface area (Å²) in [7, 11) is 0. The standard InChI is InChI=1S/C13H19F3N4S/c1-3-17-10-8-11(19-12(18-10)21-2)20-6-4-9(5-7-20)13(14,15)16/h8-9H,3-7H2,1-2H3,(H,17,18,19). The summed E-state index contributed by atoms with van der Waals surface area (Å²) in [5.74, 6) is 0.222. The lowest BCUT2D eigenvalue weighted by Crippen LogP contribution is -2.39. The molecule has 2 heterocycles. The largest absolute Gasteiger partial charge is 0.391 e. The van der Waals surface area contributed by atoms with E-state index in [2.05, 4.69) is 15.3 Å². The lowest BCUT2D eigenvalue weighted by atomic mass is 9.96. The number of hydrogen-bond acceptors (Lipinski definition) is 5. The molecule has 1 aliphatic heterocycles. The highest BCUT2D eigenvalue weighted by atomic mass is 32.2. The third-order valence-corrected chi connectivity index (χ3v) is 4.06. The molecule has 1 saturated heterocycles. The van der Waals surface area contributed by atoms with Crippen molar-refractivity contribution in [2.45, 2.75) is 31.1 Å². The molecule has 8 heteroatoms. The number of aromatic nitrogens is 2. The lowest BCUT2D eigenvalue weighted by Gasteiger charge is -2.33. The Morgan fingerprint density at radius 3 is 2.52 bits per heavy atom. The Hall–Kier alpha value is -1.18. The van der Waals surface area contributed by atoms with Crippen LogP contribution in [0.3, 0.4) is 0 Å². The van der Waals surface area contributed by atoms with Crippen LogP contribution in [-0.2, 0) is 0 Å². The van der Waals surface area contributed by atoms with Crippen LogP contribution in [0.2, 0.25) is 0 Å². The second-order valence-electron chi connectivity index (χ2n) is 4.93. The number of nitrogens with one attached hydrogen (secondary N) is 1. The molecule has 1 N–H and O–H groups in total. The van der Waals surface area contributed by atoms with Crippen molar-refractivity contribution in [3.8, 4) is 0 Å². The molecule has 0 aromatic carbocycles. The molecule has 0 saturated carbocycles. The molecule has 0 atom stereocenters. The summed E-state index contributed by atoms with van der Waals surface area (Å²) in [4.78, 5) is 10.6. The number of piperidine rings is 1. The van der Waals surface area contributed by atoms with E-state index in [0.717, 1.165) is 6.54 Å². The van der Waals surface area contributed by atoms with E-state index in [-0.39, 0.29) is 12.8 Å². The molecule has 1 fully saturated rings. The molecule has 1 aromatic rings. The van der Waals surface area contributed by atoms with Crippen LogP contribution in [0.1, 0.15) is 19.8 Å². The minimum atomic E-state index is -4.09. The Kier molecular flexibility index (Phi) is 5.18. The predicted molar refractivity (Wildman–Crippen MR) is 79.0 cm³/mol. The van der Waals surface area contributed by atoms with Gasteiger partial charge < -0.3 is 10.2 Å². The molecule has 0 bridgehead atoms. The van der Waals surface area contributed by atoms with Crippen molar-refractivity contribution in [3.63, 3.8) is 0 Å². The maximum Gasteiger partial charge on any atom is 0.391 e. The monoisotopic (exact) mass is 320 g/mol. The molecule has 0 amide bonds.